The first kappa shape index (κ1) is 12.4. The molecule has 4 nitrogen and oxygen atoms in total. The summed E-state index contributed by atoms with van der Waals surface area (Å²) >= 11 is 0. The first-order valence-corrected chi connectivity index (χ1v) is 4.65. The van der Waals surface area contributed by atoms with E-state index in [9.17, 15) is 4.79 Å². The summed E-state index contributed by atoms with van der Waals surface area (Å²) in [6.45, 7) is 6.98. The monoisotopic (exact) mass is 187 g/mol. The molecule has 13 heavy (non-hydrogen) atoms. The van der Waals surface area contributed by atoms with Gasteiger partial charge in [0.2, 0.25) is 5.91 Å². The number of carbonyl (C=O) groups excluding carboxylic acids is 1. The number of amides is 1. The van der Waals surface area contributed by atoms with Crippen LogP contribution in [0.15, 0.2) is 0 Å². The minimum Gasteiger partial charge on any atom is -0.353 e. The van der Waals surface area contributed by atoms with Gasteiger partial charge >= 0.3 is 0 Å². The molecule has 0 heterocycles. The van der Waals surface area contributed by atoms with E-state index >= 15 is 0 Å². The standard InChI is InChI=1S/C9H21N3O/c1-7(2)11-9(13)6-12(4)5-8(3)10/h7-8H,5-6,10H2,1-4H3,(H,11,13). The summed E-state index contributed by atoms with van der Waals surface area (Å²) in [4.78, 5) is 13.2. The minimum atomic E-state index is 0.0538. The zero-order chi connectivity index (χ0) is 10.4. The van der Waals surface area contributed by atoms with Crippen LogP contribution in [0.5, 0.6) is 0 Å². The van der Waals surface area contributed by atoms with Crippen LogP contribution < -0.4 is 11.1 Å². The van der Waals surface area contributed by atoms with Crippen molar-refractivity contribution in [2.75, 3.05) is 20.1 Å². The maximum Gasteiger partial charge on any atom is 0.234 e. The van der Waals surface area contributed by atoms with Crippen molar-refractivity contribution < 1.29 is 4.79 Å². The predicted molar refractivity (Wildman–Crippen MR) is 54.4 cm³/mol. The summed E-state index contributed by atoms with van der Waals surface area (Å²) in [7, 11) is 1.89. The third kappa shape index (κ3) is 7.74. The highest BCUT2D eigenvalue weighted by molar-refractivity contribution is 5.78. The molecule has 0 aromatic heterocycles. The van der Waals surface area contributed by atoms with Crippen LogP contribution in [-0.2, 0) is 4.79 Å². The third-order valence-electron chi connectivity index (χ3n) is 1.46. The zero-order valence-corrected chi connectivity index (χ0v) is 9.00. The lowest BCUT2D eigenvalue weighted by Gasteiger charge is -2.19. The van der Waals surface area contributed by atoms with Gasteiger partial charge in [-0.15, -0.1) is 0 Å². The van der Waals surface area contributed by atoms with Crippen molar-refractivity contribution in [3.63, 3.8) is 0 Å². The molecule has 0 aliphatic carbocycles. The largest absolute Gasteiger partial charge is 0.353 e. The van der Waals surface area contributed by atoms with E-state index in [4.69, 9.17) is 5.73 Å². The fraction of sp³-hybridized carbons (Fsp3) is 0.889. The van der Waals surface area contributed by atoms with E-state index in [-0.39, 0.29) is 18.0 Å². The molecule has 0 aliphatic rings. The zero-order valence-electron chi connectivity index (χ0n) is 9.00. The van der Waals surface area contributed by atoms with E-state index in [1.807, 2.05) is 32.7 Å². The van der Waals surface area contributed by atoms with E-state index in [1.165, 1.54) is 0 Å². The quantitative estimate of drug-likeness (QED) is 0.626. The Kier molecular flexibility index (Phi) is 5.66. The molecule has 0 saturated carbocycles. The number of likely N-dealkylation sites (N-methyl/N-ethyl adjacent to an activating group) is 1. The van der Waals surface area contributed by atoms with Crippen LogP contribution in [0.4, 0.5) is 0 Å². The van der Waals surface area contributed by atoms with Crippen LogP contribution in [-0.4, -0.2) is 43.0 Å². The second-order valence-electron chi connectivity index (χ2n) is 3.90. The van der Waals surface area contributed by atoms with Gasteiger partial charge in [-0.2, -0.15) is 0 Å². The van der Waals surface area contributed by atoms with Gasteiger partial charge in [0.05, 0.1) is 6.54 Å². The Morgan fingerprint density at radius 2 is 2.00 bits per heavy atom. The van der Waals surface area contributed by atoms with Crippen LogP contribution in [0.25, 0.3) is 0 Å². The Hall–Kier alpha value is -0.610. The molecule has 0 aliphatic heterocycles. The lowest BCUT2D eigenvalue weighted by Crippen LogP contribution is -2.42. The SMILES string of the molecule is CC(N)CN(C)CC(=O)NC(C)C. The number of hydrogen-bond donors (Lipinski definition) is 2. The van der Waals surface area contributed by atoms with Gasteiger partial charge in [0.25, 0.3) is 0 Å². The molecule has 78 valence electrons. The molecule has 1 atom stereocenters. The van der Waals surface area contributed by atoms with Crippen molar-refractivity contribution >= 4 is 5.91 Å². The number of hydrogen-bond acceptors (Lipinski definition) is 3. The highest BCUT2D eigenvalue weighted by Crippen LogP contribution is 1.86. The Morgan fingerprint density at radius 3 is 2.38 bits per heavy atom. The second-order valence-corrected chi connectivity index (χ2v) is 3.90. The summed E-state index contributed by atoms with van der Waals surface area (Å²) in [5.41, 5.74) is 5.60. The molecule has 0 saturated heterocycles. The highest BCUT2D eigenvalue weighted by Gasteiger charge is 2.08. The third-order valence-corrected chi connectivity index (χ3v) is 1.46. The Balaban J connectivity index is 3.65. The van der Waals surface area contributed by atoms with Crippen molar-refractivity contribution in [2.24, 2.45) is 5.73 Å². The molecule has 4 heteroatoms. The smallest absolute Gasteiger partial charge is 0.234 e. The summed E-state index contributed by atoms with van der Waals surface area (Å²) in [5, 5.41) is 2.83. The van der Waals surface area contributed by atoms with Crippen LogP contribution in [0, 0.1) is 0 Å². The van der Waals surface area contributed by atoms with Gasteiger partial charge in [0.1, 0.15) is 0 Å². The number of nitrogens with two attached hydrogens (primary N) is 1. The molecular formula is C9H21N3O. The van der Waals surface area contributed by atoms with E-state index in [1.54, 1.807) is 0 Å². The van der Waals surface area contributed by atoms with E-state index in [0.717, 1.165) is 6.54 Å². The molecule has 0 rings (SSSR count). The molecule has 0 spiro atoms. The van der Waals surface area contributed by atoms with Crippen LogP contribution in [0.3, 0.4) is 0 Å². The first-order valence-electron chi connectivity index (χ1n) is 4.65. The van der Waals surface area contributed by atoms with Crippen LogP contribution in [0.1, 0.15) is 20.8 Å². The topological polar surface area (TPSA) is 58.4 Å². The van der Waals surface area contributed by atoms with Gasteiger partial charge in [-0.1, -0.05) is 0 Å². The van der Waals surface area contributed by atoms with E-state index < -0.39 is 0 Å². The molecular weight excluding hydrogens is 166 g/mol. The van der Waals surface area contributed by atoms with Crippen molar-refractivity contribution in [1.82, 2.24) is 10.2 Å². The van der Waals surface area contributed by atoms with Gasteiger partial charge in [-0.3, -0.25) is 9.69 Å². The van der Waals surface area contributed by atoms with Gasteiger partial charge in [0, 0.05) is 18.6 Å². The molecule has 0 fully saturated rings. The van der Waals surface area contributed by atoms with Gasteiger partial charge in [-0.25, -0.2) is 0 Å². The molecule has 0 aromatic carbocycles. The fourth-order valence-corrected chi connectivity index (χ4v) is 1.17. The Morgan fingerprint density at radius 1 is 1.46 bits per heavy atom. The summed E-state index contributed by atoms with van der Waals surface area (Å²) < 4.78 is 0. The Labute approximate surface area is 80.5 Å². The van der Waals surface area contributed by atoms with Crippen molar-refractivity contribution in [2.45, 2.75) is 32.9 Å². The van der Waals surface area contributed by atoms with Gasteiger partial charge in [-0.05, 0) is 27.8 Å². The molecule has 3 N–H and O–H groups in total. The summed E-state index contributed by atoms with van der Waals surface area (Å²) in [6, 6.07) is 0.313. The molecule has 0 bridgehead atoms. The average molecular weight is 187 g/mol. The van der Waals surface area contributed by atoms with E-state index in [0.29, 0.717) is 6.54 Å². The second kappa shape index (κ2) is 5.94. The predicted octanol–water partition coefficient (Wildman–Crippen LogP) is -0.210. The van der Waals surface area contributed by atoms with Crippen molar-refractivity contribution in [1.29, 1.82) is 0 Å². The van der Waals surface area contributed by atoms with Crippen molar-refractivity contribution in [3.8, 4) is 0 Å². The molecule has 1 amide bonds. The lowest BCUT2D eigenvalue weighted by atomic mass is 10.3. The minimum absolute atomic E-state index is 0.0538. The number of rotatable bonds is 5. The molecule has 0 radical (unpaired) electrons. The number of carbonyl (C=O) groups is 1. The van der Waals surface area contributed by atoms with Crippen LogP contribution in [0.2, 0.25) is 0 Å². The molecule has 0 aromatic rings. The maximum atomic E-state index is 11.3. The van der Waals surface area contributed by atoms with Crippen molar-refractivity contribution in [3.05, 3.63) is 0 Å². The summed E-state index contributed by atoms with van der Waals surface area (Å²) in [6.07, 6.45) is 0. The lowest BCUT2D eigenvalue weighted by molar-refractivity contribution is -0.122. The first-order chi connectivity index (χ1) is 5.91. The van der Waals surface area contributed by atoms with E-state index in [2.05, 4.69) is 5.32 Å². The number of nitrogens with one attached hydrogen (secondary N) is 1. The summed E-state index contributed by atoms with van der Waals surface area (Å²) in [5.74, 6) is 0.0538. The van der Waals surface area contributed by atoms with Gasteiger partial charge < -0.3 is 11.1 Å². The maximum absolute atomic E-state index is 11.3. The van der Waals surface area contributed by atoms with Gasteiger partial charge in [0.15, 0.2) is 0 Å². The number of nitrogens with zero attached hydrogens (tertiary/aromatic N) is 1. The fourth-order valence-electron chi connectivity index (χ4n) is 1.17. The Bertz CT molecular complexity index is 157. The normalized spacial score (nSPS) is 13.5. The average Bonchev–Trinajstić information content (AvgIpc) is 1.80. The molecule has 1 unspecified atom stereocenters. The highest BCUT2D eigenvalue weighted by atomic mass is 16.2. The van der Waals surface area contributed by atoms with Crippen LogP contribution >= 0.6 is 0 Å².